The van der Waals surface area contributed by atoms with Gasteiger partial charge in [0, 0.05) is 12.5 Å². The number of hydrogen-bond acceptors (Lipinski definition) is 6. The van der Waals surface area contributed by atoms with Gasteiger partial charge in [0.05, 0.1) is 24.1 Å². The summed E-state index contributed by atoms with van der Waals surface area (Å²) < 4.78 is 4.95. The van der Waals surface area contributed by atoms with Gasteiger partial charge in [0.2, 0.25) is 5.89 Å². The van der Waals surface area contributed by atoms with Gasteiger partial charge >= 0.3 is 6.03 Å². The molecule has 0 aliphatic rings. The molecule has 1 aromatic carbocycles. The zero-order valence-corrected chi connectivity index (χ0v) is 13.9. The number of rotatable bonds is 5. The number of amides is 2. The molecule has 0 spiro atoms. The van der Waals surface area contributed by atoms with Crippen LogP contribution < -0.4 is 10.6 Å². The van der Waals surface area contributed by atoms with E-state index in [0.717, 1.165) is 5.56 Å². The Kier molecular flexibility index (Phi) is 4.98. The van der Waals surface area contributed by atoms with E-state index in [2.05, 4.69) is 30.7 Å². The second kappa shape index (κ2) is 7.52. The lowest BCUT2D eigenvalue weighted by atomic mass is 10.2. The van der Waals surface area contributed by atoms with Crippen molar-refractivity contribution in [3.05, 3.63) is 54.4 Å². The van der Waals surface area contributed by atoms with Crippen molar-refractivity contribution in [2.24, 2.45) is 0 Å². The summed E-state index contributed by atoms with van der Waals surface area (Å²) in [7, 11) is 0. The second-order valence-corrected chi connectivity index (χ2v) is 5.39. The predicted octanol–water partition coefficient (Wildman–Crippen LogP) is 3.11. The SMILES string of the molecule is CCC(NC(=O)Nc1cnc(-c2ccccc2)nc1)c1noc(C)n1. The maximum absolute atomic E-state index is 12.2. The molecule has 2 aromatic heterocycles. The Balaban J connectivity index is 1.62. The average Bonchev–Trinajstić information content (AvgIpc) is 3.07. The van der Waals surface area contributed by atoms with E-state index in [1.165, 1.54) is 0 Å². The highest BCUT2D eigenvalue weighted by Gasteiger charge is 2.18. The highest BCUT2D eigenvalue weighted by Crippen LogP contribution is 2.16. The third kappa shape index (κ3) is 4.17. The zero-order chi connectivity index (χ0) is 17.6. The normalized spacial score (nSPS) is 11.8. The van der Waals surface area contributed by atoms with Crippen molar-refractivity contribution in [2.45, 2.75) is 26.3 Å². The monoisotopic (exact) mass is 338 g/mol. The van der Waals surface area contributed by atoms with Crippen molar-refractivity contribution in [1.29, 1.82) is 0 Å². The molecular weight excluding hydrogens is 320 g/mol. The van der Waals surface area contributed by atoms with Crippen molar-refractivity contribution in [2.75, 3.05) is 5.32 Å². The first-order chi connectivity index (χ1) is 12.2. The summed E-state index contributed by atoms with van der Waals surface area (Å²) in [6.07, 6.45) is 3.76. The number of benzene rings is 1. The number of urea groups is 1. The lowest BCUT2D eigenvalue weighted by Gasteiger charge is -2.13. The summed E-state index contributed by atoms with van der Waals surface area (Å²) in [6.45, 7) is 3.63. The molecule has 0 saturated carbocycles. The molecule has 3 aromatic rings. The van der Waals surface area contributed by atoms with Crippen molar-refractivity contribution in [3.8, 4) is 11.4 Å². The van der Waals surface area contributed by atoms with Crippen molar-refractivity contribution in [3.63, 3.8) is 0 Å². The number of anilines is 1. The molecule has 0 aliphatic heterocycles. The topological polar surface area (TPSA) is 106 Å². The van der Waals surface area contributed by atoms with Crippen molar-refractivity contribution < 1.29 is 9.32 Å². The van der Waals surface area contributed by atoms with Crippen LogP contribution in [0, 0.1) is 6.92 Å². The minimum Gasteiger partial charge on any atom is -0.340 e. The Labute approximate surface area is 144 Å². The van der Waals surface area contributed by atoms with Crippen LogP contribution in [-0.2, 0) is 0 Å². The first-order valence-corrected chi connectivity index (χ1v) is 7.91. The lowest BCUT2D eigenvalue weighted by molar-refractivity contribution is 0.247. The number of carbonyl (C=O) groups is 1. The van der Waals surface area contributed by atoms with E-state index in [4.69, 9.17) is 4.52 Å². The molecule has 0 radical (unpaired) electrons. The molecule has 25 heavy (non-hydrogen) atoms. The number of hydrogen-bond donors (Lipinski definition) is 2. The predicted molar refractivity (Wildman–Crippen MR) is 91.7 cm³/mol. The Morgan fingerprint density at radius 1 is 1.20 bits per heavy atom. The number of aromatic nitrogens is 4. The molecule has 0 fully saturated rings. The molecule has 2 N–H and O–H groups in total. The third-order valence-corrected chi connectivity index (χ3v) is 3.51. The van der Waals surface area contributed by atoms with E-state index in [9.17, 15) is 4.79 Å². The first-order valence-electron chi connectivity index (χ1n) is 7.91. The zero-order valence-electron chi connectivity index (χ0n) is 13.9. The van der Waals surface area contributed by atoms with Crippen LogP contribution in [0.4, 0.5) is 10.5 Å². The summed E-state index contributed by atoms with van der Waals surface area (Å²) in [6, 6.07) is 8.90. The maximum Gasteiger partial charge on any atom is 0.319 e. The molecule has 2 amide bonds. The minimum absolute atomic E-state index is 0.332. The van der Waals surface area contributed by atoms with E-state index >= 15 is 0 Å². The molecule has 1 unspecified atom stereocenters. The Hall–Kier alpha value is -3.29. The minimum atomic E-state index is -0.384. The van der Waals surface area contributed by atoms with Gasteiger partial charge in [-0.2, -0.15) is 4.98 Å². The van der Waals surface area contributed by atoms with Crippen LogP contribution in [0.5, 0.6) is 0 Å². The molecule has 0 bridgehead atoms. The van der Waals surface area contributed by atoms with Crippen LogP contribution in [0.3, 0.4) is 0 Å². The highest BCUT2D eigenvalue weighted by molar-refractivity contribution is 5.89. The van der Waals surface area contributed by atoms with Crippen LogP contribution >= 0.6 is 0 Å². The van der Waals surface area contributed by atoms with E-state index in [1.54, 1.807) is 19.3 Å². The fourth-order valence-corrected chi connectivity index (χ4v) is 2.26. The molecule has 8 heteroatoms. The summed E-state index contributed by atoms with van der Waals surface area (Å²) in [5, 5.41) is 9.34. The summed E-state index contributed by atoms with van der Waals surface area (Å²) in [4.78, 5) is 24.8. The van der Waals surface area contributed by atoms with Crippen LogP contribution in [0.2, 0.25) is 0 Å². The fourth-order valence-electron chi connectivity index (χ4n) is 2.26. The largest absolute Gasteiger partial charge is 0.340 e. The molecule has 2 heterocycles. The van der Waals surface area contributed by atoms with Gasteiger partial charge in [0.1, 0.15) is 0 Å². The number of nitrogens with one attached hydrogen (secondary N) is 2. The van der Waals surface area contributed by atoms with E-state index < -0.39 is 0 Å². The van der Waals surface area contributed by atoms with Crippen LogP contribution in [0.25, 0.3) is 11.4 Å². The molecule has 8 nitrogen and oxygen atoms in total. The lowest BCUT2D eigenvalue weighted by Crippen LogP contribution is -2.33. The number of aryl methyl sites for hydroxylation is 1. The van der Waals surface area contributed by atoms with Gasteiger partial charge in [0.25, 0.3) is 0 Å². The first kappa shape index (κ1) is 16.6. The van der Waals surface area contributed by atoms with E-state index in [-0.39, 0.29) is 12.1 Å². The Morgan fingerprint density at radius 2 is 1.92 bits per heavy atom. The summed E-state index contributed by atoms with van der Waals surface area (Å²) >= 11 is 0. The maximum atomic E-state index is 12.2. The van der Waals surface area contributed by atoms with E-state index in [0.29, 0.717) is 29.6 Å². The van der Waals surface area contributed by atoms with Gasteiger partial charge in [-0.3, -0.25) is 0 Å². The van der Waals surface area contributed by atoms with Gasteiger partial charge in [-0.1, -0.05) is 42.4 Å². The summed E-state index contributed by atoms with van der Waals surface area (Å²) in [5.74, 6) is 1.51. The van der Waals surface area contributed by atoms with Crippen LogP contribution in [0.15, 0.2) is 47.2 Å². The Morgan fingerprint density at radius 3 is 2.52 bits per heavy atom. The fraction of sp³-hybridized carbons (Fsp3) is 0.235. The second-order valence-electron chi connectivity index (χ2n) is 5.39. The van der Waals surface area contributed by atoms with Crippen LogP contribution in [-0.4, -0.2) is 26.1 Å². The number of nitrogens with zero attached hydrogens (tertiary/aromatic N) is 4. The van der Waals surface area contributed by atoms with E-state index in [1.807, 2.05) is 37.3 Å². The molecule has 3 rings (SSSR count). The third-order valence-electron chi connectivity index (χ3n) is 3.51. The van der Waals surface area contributed by atoms with Crippen molar-refractivity contribution in [1.82, 2.24) is 25.4 Å². The molecule has 0 aliphatic carbocycles. The average molecular weight is 338 g/mol. The smallest absolute Gasteiger partial charge is 0.319 e. The standard InChI is InChI=1S/C17H18N6O2/c1-3-14(16-20-11(2)25-23-16)22-17(24)21-13-9-18-15(19-10-13)12-7-5-4-6-8-12/h4-10,14H,3H2,1-2H3,(H2,21,22,24). The van der Waals surface area contributed by atoms with Gasteiger partial charge in [-0.05, 0) is 6.42 Å². The van der Waals surface area contributed by atoms with Gasteiger partial charge in [-0.25, -0.2) is 14.8 Å². The van der Waals surface area contributed by atoms with Gasteiger partial charge < -0.3 is 15.2 Å². The molecule has 0 saturated heterocycles. The number of carbonyl (C=O) groups excluding carboxylic acids is 1. The Bertz CT molecular complexity index is 832. The quantitative estimate of drug-likeness (QED) is 0.740. The molecule has 128 valence electrons. The summed E-state index contributed by atoms with van der Waals surface area (Å²) in [5.41, 5.74) is 1.41. The van der Waals surface area contributed by atoms with Crippen LogP contribution in [0.1, 0.15) is 31.1 Å². The molecule has 1 atom stereocenters. The highest BCUT2D eigenvalue weighted by atomic mass is 16.5. The van der Waals surface area contributed by atoms with Crippen molar-refractivity contribution >= 4 is 11.7 Å². The molecular formula is C17H18N6O2. The van der Waals surface area contributed by atoms with Gasteiger partial charge in [0.15, 0.2) is 11.6 Å². The van der Waals surface area contributed by atoms with Gasteiger partial charge in [-0.15, -0.1) is 0 Å².